The maximum absolute atomic E-state index is 5.90. The quantitative estimate of drug-likeness (QED) is 0.674. The normalized spacial score (nSPS) is 40.6. The second-order valence-corrected chi connectivity index (χ2v) is 4.84. The minimum Gasteiger partial charge on any atom is -0.384 e. The molecule has 1 aliphatic rings. The van der Waals surface area contributed by atoms with Crippen molar-refractivity contribution in [3.8, 4) is 0 Å². The summed E-state index contributed by atoms with van der Waals surface area (Å²) in [4.78, 5) is 0. The lowest BCUT2D eigenvalue weighted by Crippen LogP contribution is -2.43. The van der Waals surface area contributed by atoms with Gasteiger partial charge in [-0.2, -0.15) is 0 Å². The predicted molar refractivity (Wildman–Crippen MR) is 53.9 cm³/mol. The third-order valence-corrected chi connectivity index (χ3v) is 3.27. The molecule has 13 heavy (non-hydrogen) atoms. The Morgan fingerprint density at radius 1 is 1.31 bits per heavy atom. The maximum atomic E-state index is 5.90. The van der Waals surface area contributed by atoms with Crippen LogP contribution < -0.4 is 0 Å². The van der Waals surface area contributed by atoms with E-state index in [0.717, 1.165) is 26.1 Å². The fourth-order valence-corrected chi connectivity index (χ4v) is 1.80. The first kappa shape index (κ1) is 11.0. The average Bonchev–Trinajstić information content (AvgIpc) is 2.12. The number of rotatable bonds is 3. The highest BCUT2D eigenvalue weighted by molar-refractivity contribution is 4.86. The van der Waals surface area contributed by atoms with Crippen LogP contribution in [-0.4, -0.2) is 25.9 Å². The smallest absolute Gasteiger partial charge is 0.0652 e. The summed E-state index contributed by atoms with van der Waals surface area (Å²) >= 11 is 0. The molecular formula is C11H22O2. The minimum absolute atomic E-state index is 0.118. The van der Waals surface area contributed by atoms with Crippen LogP contribution in [0.15, 0.2) is 0 Å². The van der Waals surface area contributed by atoms with Crippen molar-refractivity contribution in [3.05, 3.63) is 0 Å². The van der Waals surface area contributed by atoms with E-state index in [1.807, 2.05) is 0 Å². The molecule has 0 aromatic carbocycles. The molecule has 1 fully saturated rings. The van der Waals surface area contributed by atoms with E-state index < -0.39 is 0 Å². The van der Waals surface area contributed by atoms with Gasteiger partial charge in [0, 0.05) is 12.5 Å². The first-order valence-corrected chi connectivity index (χ1v) is 5.16. The molecule has 0 aromatic heterocycles. The van der Waals surface area contributed by atoms with Crippen molar-refractivity contribution in [2.75, 3.05) is 20.3 Å². The molecule has 2 heteroatoms. The summed E-state index contributed by atoms with van der Waals surface area (Å²) in [5, 5.41) is 0. The number of hydrogen-bond acceptors (Lipinski definition) is 2. The Morgan fingerprint density at radius 3 is 2.38 bits per heavy atom. The highest BCUT2D eigenvalue weighted by Gasteiger charge is 2.37. The third-order valence-electron chi connectivity index (χ3n) is 3.27. The molecule has 0 aliphatic carbocycles. The average molecular weight is 186 g/mol. The van der Waals surface area contributed by atoms with Crippen molar-refractivity contribution >= 4 is 0 Å². The van der Waals surface area contributed by atoms with Crippen LogP contribution in [0.4, 0.5) is 0 Å². The van der Waals surface area contributed by atoms with Crippen molar-refractivity contribution in [1.82, 2.24) is 0 Å². The molecule has 0 bridgehead atoms. The summed E-state index contributed by atoms with van der Waals surface area (Å²) in [7, 11) is 1.76. The monoisotopic (exact) mass is 186 g/mol. The van der Waals surface area contributed by atoms with E-state index in [9.17, 15) is 0 Å². The third kappa shape index (κ3) is 2.68. The van der Waals surface area contributed by atoms with Crippen molar-refractivity contribution < 1.29 is 9.47 Å². The lowest BCUT2D eigenvalue weighted by molar-refractivity contribution is -0.135. The molecule has 0 amide bonds. The van der Waals surface area contributed by atoms with Crippen LogP contribution in [-0.2, 0) is 9.47 Å². The van der Waals surface area contributed by atoms with Crippen molar-refractivity contribution in [2.24, 2.45) is 5.41 Å². The summed E-state index contributed by atoms with van der Waals surface area (Å²) < 4.78 is 11.1. The van der Waals surface area contributed by atoms with Crippen molar-refractivity contribution in [2.45, 2.75) is 45.6 Å². The van der Waals surface area contributed by atoms with E-state index in [2.05, 4.69) is 20.8 Å². The lowest BCUT2D eigenvalue weighted by Gasteiger charge is -2.42. The first-order chi connectivity index (χ1) is 6.04. The Morgan fingerprint density at radius 2 is 2.00 bits per heavy atom. The molecule has 1 saturated heterocycles. The Labute approximate surface area is 81.6 Å². The van der Waals surface area contributed by atoms with Crippen LogP contribution in [0.2, 0.25) is 0 Å². The van der Waals surface area contributed by atoms with Gasteiger partial charge in [0.2, 0.25) is 0 Å². The fraction of sp³-hybridized carbons (Fsp3) is 1.00. The molecular weight excluding hydrogens is 164 g/mol. The Hall–Kier alpha value is -0.0800. The standard InChI is InChI=1S/C11H22O2/c1-5-11(3)7-6-10(2,8-12-4)9-13-11/h5-9H2,1-4H3/t10-,11-/m1/s1. The zero-order valence-corrected chi connectivity index (χ0v) is 9.35. The number of methoxy groups -OCH3 is 1. The maximum Gasteiger partial charge on any atom is 0.0652 e. The molecule has 0 radical (unpaired) electrons. The van der Waals surface area contributed by atoms with Crippen LogP contribution in [0, 0.1) is 5.41 Å². The highest BCUT2D eigenvalue weighted by atomic mass is 16.5. The molecule has 0 spiro atoms. The topological polar surface area (TPSA) is 18.5 Å². The molecule has 0 N–H and O–H groups in total. The number of hydrogen-bond donors (Lipinski definition) is 0. The Balaban J connectivity index is 2.46. The second kappa shape index (κ2) is 3.97. The van der Waals surface area contributed by atoms with Gasteiger partial charge >= 0.3 is 0 Å². The van der Waals surface area contributed by atoms with Gasteiger partial charge in [0.25, 0.3) is 0 Å². The summed E-state index contributed by atoms with van der Waals surface area (Å²) in [5.74, 6) is 0. The summed E-state index contributed by atoms with van der Waals surface area (Å²) in [5.41, 5.74) is 0.358. The largest absolute Gasteiger partial charge is 0.384 e. The molecule has 0 unspecified atom stereocenters. The van der Waals surface area contributed by atoms with Gasteiger partial charge in [0.1, 0.15) is 0 Å². The predicted octanol–water partition coefficient (Wildman–Crippen LogP) is 2.62. The molecule has 2 nitrogen and oxygen atoms in total. The molecule has 0 aromatic rings. The van der Waals surface area contributed by atoms with Gasteiger partial charge in [0.05, 0.1) is 18.8 Å². The van der Waals surface area contributed by atoms with Gasteiger partial charge in [-0.1, -0.05) is 13.8 Å². The van der Waals surface area contributed by atoms with E-state index in [1.165, 1.54) is 6.42 Å². The van der Waals surface area contributed by atoms with Crippen molar-refractivity contribution in [1.29, 1.82) is 0 Å². The molecule has 1 heterocycles. The molecule has 1 aliphatic heterocycles. The van der Waals surface area contributed by atoms with E-state index in [0.29, 0.717) is 0 Å². The van der Waals surface area contributed by atoms with Crippen LogP contribution in [0.5, 0.6) is 0 Å². The van der Waals surface area contributed by atoms with Gasteiger partial charge in [-0.05, 0) is 26.2 Å². The van der Waals surface area contributed by atoms with Crippen LogP contribution in [0.25, 0.3) is 0 Å². The van der Waals surface area contributed by atoms with Gasteiger partial charge in [-0.25, -0.2) is 0 Å². The van der Waals surface area contributed by atoms with Crippen LogP contribution in [0.1, 0.15) is 40.0 Å². The van der Waals surface area contributed by atoms with E-state index in [1.54, 1.807) is 7.11 Å². The Bertz CT molecular complexity index is 157. The van der Waals surface area contributed by atoms with Crippen LogP contribution >= 0.6 is 0 Å². The second-order valence-electron chi connectivity index (χ2n) is 4.84. The Kier molecular flexibility index (Phi) is 3.36. The van der Waals surface area contributed by atoms with E-state index >= 15 is 0 Å². The first-order valence-electron chi connectivity index (χ1n) is 5.16. The van der Waals surface area contributed by atoms with E-state index in [-0.39, 0.29) is 11.0 Å². The van der Waals surface area contributed by atoms with Crippen molar-refractivity contribution in [3.63, 3.8) is 0 Å². The molecule has 0 saturated carbocycles. The molecule has 78 valence electrons. The highest BCUT2D eigenvalue weighted by Crippen LogP contribution is 2.37. The van der Waals surface area contributed by atoms with Gasteiger partial charge < -0.3 is 9.47 Å². The van der Waals surface area contributed by atoms with Gasteiger partial charge in [-0.15, -0.1) is 0 Å². The van der Waals surface area contributed by atoms with Crippen LogP contribution in [0.3, 0.4) is 0 Å². The molecule has 2 atom stereocenters. The lowest BCUT2D eigenvalue weighted by atomic mass is 9.79. The number of ether oxygens (including phenoxy) is 2. The minimum atomic E-state index is 0.118. The zero-order valence-electron chi connectivity index (χ0n) is 9.35. The zero-order chi connectivity index (χ0) is 9.95. The molecule has 1 rings (SSSR count). The summed E-state index contributed by atoms with van der Waals surface area (Å²) in [6, 6.07) is 0. The van der Waals surface area contributed by atoms with Gasteiger partial charge in [0.15, 0.2) is 0 Å². The van der Waals surface area contributed by atoms with E-state index in [4.69, 9.17) is 9.47 Å². The fourth-order valence-electron chi connectivity index (χ4n) is 1.80. The SMILES string of the molecule is CC[C@]1(C)CC[C@](C)(COC)CO1. The summed E-state index contributed by atoms with van der Waals surface area (Å²) in [6.45, 7) is 8.29. The summed E-state index contributed by atoms with van der Waals surface area (Å²) in [6.07, 6.45) is 3.48. The van der Waals surface area contributed by atoms with Gasteiger partial charge in [-0.3, -0.25) is 0 Å².